The van der Waals surface area contributed by atoms with Crippen LogP contribution in [0.15, 0.2) is 0 Å². The maximum atomic E-state index is 11.4. The first-order valence-corrected chi connectivity index (χ1v) is 6.68. The Bertz CT molecular complexity index is 309. The van der Waals surface area contributed by atoms with Crippen molar-refractivity contribution < 1.29 is 22.1 Å². The standard InChI is InChI=1S/C8H15ClO5S/c1-4-5-13-7(10)8(2,3)6-14-15(9,11)12/h4-6H2,1-3H3. The molecule has 7 heteroatoms. The number of carbonyl (C=O) groups excluding carboxylic acids is 1. The molecule has 0 aromatic heterocycles. The van der Waals surface area contributed by atoms with E-state index in [1.807, 2.05) is 6.92 Å². The Kier molecular flexibility index (Phi) is 5.55. The summed E-state index contributed by atoms with van der Waals surface area (Å²) in [6, 6.07) is 0. The normalized spacial score (nSPS) is 12.5. The zero-order valence-corrected chi connectivity index (χ0v) is 10.5. The average molecular weight is 259 g/mol. The van der Waals surface area contributed by atoms with E-state index in [1.54, 1.807) is 0 Å². The van der Waals surface area contributed by atoms with Crippen LogP contribution in [-0.2, 0) is 23.0 Å². The number of hydrogen-bond donors (Lipinski definition) is 0. The van der Waals surface area contributed by atoms with Crippen LogP contribution in [0.5, 0.6) is 0 Å². The zero-order chi connectivity index (χ0) is 12.1. The maximum absolute atomic E-state index is 11.4. The van der Waals surface area contributed by atoms with Crippen LogP contribution in [0.25, 0.3) is 0 Å². The van der Waals surface area contributed by atoms with Crippen molar-refractivity contribution in [3.63, 3.8) is 0 Å². The summed E-state index contributed by atoms with van der Waals surface area (Å²) in [6.45, 7) is 4.87. The van der Waals surface area contributed by atoms with Crippen molar-refractivity contribution in [2.24, 2.45) is 5.41 Å². The third kappa shape index (κ3) is 6.70. The molecule has 0 rings (SSSR count). The summed E-state index contributed by atoms with van der Waals surface area (Å²) in [7, 11) is 0.799. The van der Waals surface area contributed by atoms with Gasteiger partial charge in [0.15, 0.2) is 0 Å². The number of carbonyl (C=O) groups is 1. The van der Waals surface area contributed by atoms with Crippen LogP contribution in [0.3, 0.4) is 0 Å². The van der Waals surface area contributed by atoms with E-state index in [2.05, 4.69) is 4.18 Å². The highest BCUT2D eigenvalue weighted by atomic mass is 35.7. The average Bonchev–Trinajstić information content (AvgIpc) is 2.10. The van der Waals surface area contributed by atoms with Crippen LogP contribution in [-0.4, -0.2) is 27.6 Å². The monoisotopic (exact) mass is 258 g/mol. The first-order valence-electron chi connectivity index (χ1n) is 4.45. The third-order valence-electron chi connectivity index (χ3n) is 1.55. The molecule has 5 nitrogen and oxygen atoms in total. The molecule has 0 radical (unpaired) electrons. The molecule has 0 amide bonds. The van der Waals surface area contributed by atoms with Crippen molar-refractivity contribution in [2.45, 2.75) is 27.2 Å². The smallest absolute Gasteiger partial charge is 0.355 e. The lowest BCUT2D eigenvalue weighted by atomic mass is 9.95. The molecule has 0 bridgehead atoms. The van der Waals surface area contributed by atoms with Crippen molar-refractivity contribution in [3.8, 4) is 0 Å². The van der Waals surface area contributed by atoms with E-state index in [0.29, 0.717) is 13.0 Å². The molecule has 0 aromatic carbocycles. The lowest BCUT2D eigenvalue weighted by Gasteiger charge is -2.20. The highest BCUT2D eigenvalue weighted by Crippen LogP contribution is 2.19. The van der Waals surface area contributed by atoms with Crippen LogP contribution < -0.4 is 0 Å². The molecule has 90 valence electrons. The van der Waals surface area contributed by atoms with Crippen LogP contribution in [0.4, 0.5) is 0 Å². The third-order valence-corrected chi connectivity index (χ3v) is 2.22. The Morgan fingerprint density at radius 1 is 1.40 bits per heavy atom. The predicted octanol–water partition coefficient (Wildman–Crippen LogP) is 1.47. The second-order valence-electron chi connectivity index (χ2n) is 3.68. The van der Waals surface area contributed by atoms with E-state index < -0.39 is 20.7 Å². The summed E-state index contributed by atoms with van der Waals surface area (Å²) >= 11 is 0. The molecule has 0 atom stereocenters. The molecule has 0 heterocycles. The number of ether oxygens (including phenoxy) is 1. The van der Waals surface area contributed by atoms with Gasteiger partial charge in [0.1, 0.15) is 0 Å². The molecular weight excluding hydrogens is 244 g/mol. The fourth-order valence-electron chi connectivity index (χ4n) is 0.667. The molecule has 0 unspecified atom stereocenters. The topological polar surface area (TPSA) is 69.7 Å². The van der Waals surface area contributed by atoms with Crippen molar-refractivity contribution in [2.75, 3.05) is 13.2 Å². The highest BCUT2D eigenvalue weighted by Gasteiger charge is 2.31. The van der Waals surface area contributed by atoms with Gasteiger partial charge in [-0.25, -0.2) is 0 Å². The SMILES string of the molecule is CCCOC(=O)C(C)(C)COS(=O)(=O)Cl. The van der Waals surface area contributed by atoms with Gasteiger partial charge in [-0.1, -0.05) is 6.92 Å². The summed E-state index contributed by atoms with van der Waals surface area (Å²) in [5, 5.41) is 0. The Morgan fingerprint density at radius 3 is 2.33 bits per heavy atom. The minimum atomic E-state index is -4.05. The summed E-state index contributed by atoms with van der Waals surface area (Å²) in [5.74, 6) is -0.510. The van der Waals surface area contributed by atoms with E-state index in [9.17, 15) is 13.2 Å². The molecule has 0 aromatic rings. The molecule has 0 saturated carbocycles. The van der Waals surface area contributed by atoms with Gasteiger partial charge < -0.3 is 4.74 Å². The van der Waals surface area contributed by atoms with Gasteiger partial charge in [0.25, 0.3) is 0 Å². The summed E-state index contributed by atoms with van der Waals surface area (Å²) in [5.41, 5.74) is -1.03. The Hall–Kier alpha value is -0.330. The van der Waals surface area contributed by atoms with E-state index in [4.69, 9.17) is 15.4 Å². The largest absolute Gasteiger partial charge is 0.465 e. The van der Waals surface area contributed by atoms with Crippen LogP contribution in [0, 0.1) is 5.41 Å². The molecule has 0 N–H and O–H groups in total. The lowest BCUT2D eigenvalue weighted by Crippen LogP contribution is -2.32. The maximum Gasteiger partial charge on any atom is 0.355 e. The van der Waals surface area contributed by atoms with Crippen LogP contribution in [0.2, 0.25) is 0 Å². The second kappa shape index (κ2) is 5.67. The number of esters is 1. The van der Waals surface area contributed by atoms with Crippen LogP contribution in [0.1, 0.15) is 27.2 Å². The number of rotatable bonds is 6. The molecule has 0 aliphatic heterocycles. The van der Waals surface area contributed by atoms with Crippen molar-refractivity contribution >= 4 is 26.0 Å². The molecule has 0 fully saturated rings. The molecule has 0 aliphatic carbocycles. The molecule has 0 saturated heterocycles. The summed E-state index contributed by atoms with van der Waals surface area (Å²) < 4.78 is 30.2. The quantitative estimate of drug-likeness (QED) is 0.533. The first-order chi connectivity index (χ1) is 6.69. The highest BCUT2D eigenvalue weighted by molar-refractivity contribution is 8.09. The molecule has 15 heavy (non-hydrogen) atoms. The number of halogens is 1. The minimum absolute atomic E-state index is 0.301. The van der Waals surface area contributed by atoms with E-state index >= 15 is 0 Å². The van der Waals surface area contributed by atoms with Gasteiger partial charge in [-0.15, -0.1) is 0 Å². The summed E-state index contributed by atoms with van der Waals surface area (Å²) in [4.78, 5) is 11.4. The van der Waals surface area contributed by atoms with Gasteiger partial charge in [-0.05, 0) is 20.3 Å². The van der Waals surface area contributed by atoms with Gasteiger partial charge in [0, 0.05) is 10.7 Å². The number of hydrogen-bond acceptors (Lipinski definition) is 5. The van der Waals surface area contributed by atoms with E-state index in [-0.39, 0.29) is 6.61 Å². The van der Waals surface area contributed by atoms with Gasteiger partial charge in [-0.2, -0.15) is 8.42 Å². The van der Waals surface area contributed by atoms with Gasteiger partial charge in [0.2, 0.25) is 0 Å². The van der Waals surface area contributed by atoms with Crippen molar-refractivity contribution in [1.29, 1.82) is 0 Å². The molecule has 0 spiro atoms. The fraction of sp³-hybridized carbons (Fsp3) is 0.875. The predicted molar refractivity (Wildman–Crippen MR) is 55.8 cm³/mol. The van der Waals surface area contributed by atoms with Crippen molar-refractivity contribution in [3.05, 3.63) is 0 Å². The van der Waals surface area contributed by atoms with Crippen LogP contribution >= 0.6 is 10.7 Å². The van der Waals surface area contributed by atoms with Crippen molar-refractivity contribution in [1.82, 2.24) is 0 Å². The first kappa shape index (κ1) is 14.7. The molecular formula is C8H15ClO5S. The van der Waals surface area contributed by atoms with E-state index in [0.717, 1.165) is 0 Å². The Morgan fingerprint density at radius 2 is 1.93 bits per heavy atom. The van der Waals surface area contributed by atoms with Gasteiger partial charge in [0.05, 0.1) is 18.6 Å². The zero-order valence-electron chi connectivity index (χ0n) is 8.95. The second-order valence-corrected chi connectivity index (χ2v) is 5.83. The van der Waals surface area contributed by atoms with Gasteiger partial charge in [-0.3, -0.25) is 8.98 Å². The summed E-state index contributed by atoms with van der Waals surface area (Å²) in [6.07, 6.45) is 0.705. The van der Waals surface area contributed by atoms with E-state index in [1.165, 1.54) is 13.8 Å². The molecule has 0 aliphatic rings. The lowest BCUT2D eigenvalue weighted by molar-refractivity contribution is -0.155. The Balaban J connectivity index is 4.22. The fourth-order valence-corrected chi connectivity index (χ4v) is 1.24. The van der Waals surface area contributed by atoms with Gasteiger partial charge >= 0.3 is 15.3 Å². The minimum Gasteiger partial charge on any atom is -0.465 e. The Labute approximate surface area is 94.3 Å².